The Morgan fingerprint density at radius 3 is 2.71 bits per heavy atom. The lowest BCUT2D eigenvalue weighted by molar-refractivity contribution is -0.121. The Labute approximate surface area is 144 Å². The molecule has 0 aliphatic rings. The zero-order chi connectivity index (χ0) is 17.2. The number of ether oxygens (including phenoxy) is 1. The number of benzene rings is 1. The van der Waals surface area contributed by atoms with Crippen LogP contribution in [-0.2, 0) is 9.53 Å². The van der Waals surface area contributed by atoms with Crippen molar-refractivity contribution in [3.05, 3.63) is 58.3 Å². The number of thiophene rings is 1. The molecule has 24 heavy (non-hydrogen) atoms. The highest BCUT2D eigenvalue weighted by molar-refractivity contribution is 7.11. The fourth-order valence-electron chi connectivity index (χ4n) is 2.02. The van der Waals surface area contributed by atoms with Gasteiger partial charge in [0.1, 0.15) is 0 Å². The first-order chi connectivity index (χ1) is 11.7. The molecule has 1 heterocycles. The number of carbonyl (C=O) groups is 2. The van der Waals surface area contributed by atoms with Crippen LogP contribution >= 0.6 is 11.3 Å². The largest absolute Gasteiger partial charge is 0.450 e. The van der Waals surface area contributed by atoms with E-state index in [1.807, 2.05) is 47.8 Å². The highest BCUT2D eigenvalue weighted by Crippen LogP contribution is 2.16. The molecular weight excluding hydrogens is 326 g/mol. The van der Waals surface area contributed by atoms with Crippen LogP contribution in [0.4, 0.5) is 4.79 Å². The minimum absolute atomic E-state index is 0.0601. The van der Waals surface area contributed by atoms with Crippen molar-refractivity contribution in [3.8, 4) is 0 Å². The second-order valence-corrected chi connectivity index (χ2v) is 5.82. The monoisotopic (exact) mass is 345 g/mol. The third-order valence-electron chi connectivity index (χ3n) is 3.08. The molecule has 2 N–H and O–H groups in total. The van der Waals surface area contributed by atoms with Gasteiger partial charge in [-0.05, 0) is 23.9 Å². The molecule has 0 radical (unpaired) electrons. The van der Waals surface area contributed by atoms with E-state index in [-0.39, 0.29) is 18.9 Å². The van der Waals surface area contributed by atoms with Crippen molar-refractivity contribution in [2.24, 2.45) is 5.10 Å². The zero-order valence-electron chi connectivity index (χ0n) is 13.3. The van der Waals surface area contributed by atoms with Crippen LogP contribution in [0.5, 0.6) is 0 Å². The molecule has 0 saturated carbocycles. The number of hydrazone groups is 1. The molecule has 0 unspecified atom stereocenters. The summed E-state index contributed by atoms with van der Waals surface area (Å²) in [5.41, 5.74) is 3.29. The molecule has 1 aromatic carbocycles. The van der Waals surface area contributed by atoms with Crippen molar-refractivity contribution >= 4 is 29.6 Å². The summed E-state index contributed by atoms with van der Waals surface area (Å²) in [6.45, 7) is 1.99. The van der Waals surface area contributed by atoms with E-state index in [1.165, 1.54) is 11.3 Å². The molecule has 7 heteroatoms. The van der Waals surface area contributed by atoms with Gasteiger partial charge in [-0.15, -0.1) is 11.3 Å². The number of alkyl carbamates (subject to hydrolysis) is 1. The minimum Gasteiger partial charge on any atom is -0.450 e. The number of hydrogen-bond acceptors (Lipinski definition) is 5. The molecule has 2 rings (SSSR count). The van der Waals surface area contributed by atoms with Crippen LogP contribution in [0.15, 0.2) is 52.9 Å². The van der Waals surface area contributed by atoms with Gasteiger partial charge in [-0.1, -0.05) is 36.4 Å². The van der Waals surface area contributed by atoms with Crippen LogP contribution in [-0.4, -0.2) is 24.8 Å². The summed E-state index contributed by atoms with van der Waals surface area (Å²) in [4.78, 5) is 24.7. The standard InChI is InChI=1S/C17H19N3O3S/c1-2-23-17(22)19-15(13-7-4-3-5-8-13)11-16(21)20-18-12-14-9-6-10-24-14/h3-10,12,15H,2,11H2,1H3,(H,19,22)(H,20,21)/b18-12-/t15-/m1/s1. The van der Waals surface area contributed by atoms with Crippen LogP contribution in [0.2, 0.25) is 0 Å². The van der Waals surface area contributed by atoms with E-state index in [4.69, 9.17) is 4.74 Å². The lowest BCUT2D eigenvalue weighted by Crippen LogP contribution is -2.33. The van der Waals surface area contributed by atoms with Gasteiger partial charge in [-0.2, -0.15) is 5.10 Å². The molecule has 2 aromatic rings. The Balaban J connectivity index is 1.96. The topological polar surface area (TPSA) is 79.8 Å². The number of hydrogen-bond donors (Lipinski definition) is 2. The molecule has 6 nitrogen and oxygen atoms in total. The Morgan fingerprint density at radius 1 is 1.25 bits per heavy atom. The van der Waals surface area contributed by atoms with E-state index in [0.717, 1.165) is 10.4 Å². The van der Waals surface area contributed by atoms with E-state index >= 15 is 0 Å². The highest BCUT2D eigenvalue weighted by atomic mass is 32.1. The summed E-state index contributed by atoms with van der Waals surface area (Å²) < 4.78 is 4.90. The fraction of sp³-hybridized carbons (Fsp3) is 0.235. The zero-order valence-corrected chi connectivity index (χ0v) is 14.1. The third kappa shape index (κ3) is 5.85. The normalized spacial score (nSPS) is 11.9. The summed E-state index contributed by atoms with van der Waals surface area (Å²) in [5, 5.41) is 8.54. The maximum atomic E-state index is 12.1. The van der Waals surface area contributed by atoms with Crippen molar-refractivity contribution in [1.82, 2.24) is 10.7 Å². The molecule has 1 aromatic heterocycles. The first kappa shape index (κ1) is 17.7. The molecule has 0 fully saturated rings. The van der Waals surface area contributed by atoms with Crippen LogP contribution in [0, 0.1) is 0 Å². The molecule has 1 atom stereocenters. The second-order valence-electron chi connectivity index (χ2n) is 4.84. The summed E-state index contributed by atoms with van der Waals surface area (Å²) in [6, 6.07) is 12.6. The molecule has 0 aliphatic carbocycles. The maximum absolute atomic E-state index is 12.1. The highest BCUT2D eigenvalue weighted by Gasteiger charge is 2.18. The van der Waals surface area contributed by atoms with E-state index in [1.54, 1.807) is 13.1 Å². The van der Waals surface area contributed by atoms with Gasteiger partial charge >= 0.3 is 6.09 Å². The summed E-state index contributed by atoms with van der Waals surface area (Å²) in [7, 11) is 0. The van der Waals surface area contributed by atoms with Crippen LogP contribution < -0.4 is 10.7 Å². The summed E-state index contributed by atoms with van der Waals surface area (Å²) in [5.74, 6) is -0.298. The minimum atomic E-state index is -0.554. The fourth-order valence-corrected chi connectivity index (χ4v) is 2.60. The Hall–Kier alpha value is -2.67. The maximum Gasteiger partial charge on any atom is 0.407 e. The number of carbonyl (C=O) groups excluding carboxylic acids is 2. The Bertz CT molecular complexity index is 672. The molecule has 0 spiro atoms. The van der Waals surface area contributed by atoms with Crippen LogP contribution in [0.25, 0.3) is 0 Å². The second kappa shape index (κ2) is 9.46. The van der Waals surface area contributed by atoms with Crippen molar-refractivity contribution in [3.63, 3.8) is 0 Å². The predicted octanol–water partition coefficient (Wildman–Crippen LogP) is 3.08. The van der Waals surface area contributed by atoms with Gasteiger partial charge in [0.05, 0.1) is 25.3 Å². The number of nitrogens with one attached hydrogen (secondary N) is 2. The van der Waals surface area contributed by atoms with Gasteiger partial charge in [0.15, 0.2) is 0 Å². The van der Waals surface area contributed by atoms with E-state index in [2.05, 4.69) is 15.8 Å². The lowest BCUT2D eigenvalue weighted by atomic mass is 10.0. The first-order valence-electron chi connectivity index (χ1n) is 7.52. The molecule has 0 aliphatic heterocycles. The van der Waals surface area contributed by atoms with E-state index in [9.17, 15) is 9.59 Å². The average Bonchev–Trinajstić information content (AvgIpc) is 3.09. The molecule has 0 bridgehead atoms. The Kier molecular flexibility index (Phi) is 6.97. The smallest absolute Gasteiger partial charge is 0.407 e. The van der Waals surface area contributed by atoms with E-state index < -0.39 is 12.1 Å². The van der Waals surface area contributed by atoms with Crippen molar-refractivity contribution < 1.29 is 14.3 Å². The van der Waals surface area contributed by atoms with Gasteiger partial charge in [-0.25, -0.2) is 10.2 Å². The van der Waals surface area contributed by atoms with Gasteiger partial charge in [0.25, 0.3) is 0 Å². The van der Waals surface area contributed by atoms with E-state index in [0.29, 0.717) is 0 Å². The van der Waals surface area contributed by atoms with Crippen molar-refractivity contribution in [1.29, 1.82) is 0 Å². The van der Waals surface area contributed by atoms with Gasteiger partial charge in [-0.3, -0.25) is 4.79 Å². The van der Waals surface area contributed by atoms with Gasteiger partial charge < -0.3 is 10.1 Å². The van der Waals surface area contributed by atoms with Crippen molar-refractivity contribution in [2.45, 2.75) is 19.4 Å². The van der Waals surface area contributed by atoms with Gasteiger partial charge in [0.2, 0.25) is 5.91 Å². The lowest BCUT2D eigenvalue weighted by Gasteiger charge is -2.18. The summed E-state index contributed by atoms with van der Waals surface area (Å²) in [6.07, 6.45) is 1.09. The predicted molar refractivity (Wildman–Crippen MR) is 94.0 cm³/mol. The average molecular weight is 345 g/mol. The summed E-state index contributed by atoms with van der Waals surface area (Å²) >= 11 is 1.53. The quantitative estimate of drug-likeness (QED) is 0.598. The van der Waals surface area contributed by atoms with Crippen LogP contribution in [0.1, 0.15) is 29.8 Å². The molecule has 2 amide bonds. The van der Waals surface area contributed by atoms with Gasteiger partial charge in [0, 0.05) is 4.88 Å². The molecule has 0 saturated heterocycles. The SMILES string of the molecule is CCOC(=O)N[C@H](CC(=O)N/N=C\c1cccs1)c1ccccc1. The van der Waals surface area contributed by atoms with Crippen molar-refractivity contribution in [2.75, 3.05) is 6.61 Å². The molecular formula is C17H19N3O3S. The number of rotatable bonds is 7. The van der Waals surface area contributed by atoms with Crippen LogP contribution in [0.3, 0.4) is 0 Å². The Morgan fingerprint density at radius 2 is 2.04 bits per heavy atom. The molecule has 126 valence electrons. The number of amides is 2. The first-order valence-corrected chi connectivity index (χ1v) is 8.40. The third-order valence-corrected chi connectivity index (χ3v) is 3.89. The number of nitrogens with zero attached hydrogens (tertiary/aromatic N) is 1.